The van der Waals surface area contributed by atoms with Crippen molar-refractivity contribution in [1.29, 1.82) is 0 Å². The number of nitrogens with zero attached hydrogens (tertiary/aromatic N) is 7. The summed E-state index contributed by atoms with van der Waals surface area (Å²) in [6.45, 7) is 0.727. The van der Waals surface area contributed by atoms with Gasteiger partial charge in [-0.15, -0.1) is 0 Å². The molecule has 0 aliphatic carbocycles. The van der Waals surface area contributed by atoms with Crippen molar-refractivity contribution in [1.82, 2.24) is 39.0 Å². The molecule has 9 atom stereocenters. The van der Waals surface area contributed by atoms with Crippen molar-refractivity contribution in [2.45, 2.75) is 56.3 Å². The van der Waals surface area contributed by atoms with Gasteiger partial charge in [-0.2, -0.15) is 4.98 Å². The number of anilines is 2. The fraction of sp³-hybridized carbons (Fsp3) is 0.545. The second kappa shape index (κ2) is 11.2. The molecule has 0 radical (unpaired) electrons. The Morgan fingerprint density at radius 1 is 1.12 bits per heavy atom. The van der Waals surface area contributed by atoms with Gasteiger partial charge in [-0.1, -0.05) is 6.92 Å². The molecule has 0 spiro atoms. The van der Waals surface area contributed by atoms with Gasteiger partial charge in [0.15, 0.2) is 35.1 Å². The van der Waals surface area contributed by atoms with Crippen LogP contribution in [0.5, 0.6) is 0 Å². The van der Waals surface area contributed by atoms with E-state index < -0.39 is 68.9 Å². The molecule has 0 aromatic carbocycles. The van der Waals surface area contributed by atoms with Crippen LogP contribution >= 0.6 is 7.82 Å². The highest BCUT2D eigenvalue weighted by molar-refractivity contribution is 7.47. The van der Waals surface area contributed by atoms with Crippen LogP contribution in [0.15, 0.2) is 23.8 Å². The number of aromatic amines is 1. The SMILES string of the molecule is CC1C[C@@H](C(O)n2cnc3c(=O)[nH]c(N)nc32)OP(=O)(O)OCC2OC(n3cnc4c(N)ncnc43)C(O)C2OCC1O. The second-order valence-corrected chi connectivity index (χ2v) is 11.7. The monoisotopic (exact) mass is 624 g/mol. The zero-order valence-electron chi connectivity index (χ0n) is 22.4. The zero-order valence-corrected chi connectivity index (χ0v) is 23.3. The zero-order chi connectivity index (χ0) is 30.6. The number of aliphatic hydroxyl groups excluding tert-OH is 3. The van der Waals surface area contributed by atoms with Crippen LogP contribution in [0, 0.1) is 5.92 Å². The van der Waals surface area contributed by atoms with Crippen molar-refractivity contribution >= 4 is 41.9 Å². The number of nitrogens with one attached hydrogen (secondary N) is 1. The first kappa shape index (κ1) is 29.5. The van der Waals surface area contributed by atoms with Gasteiger partial charge >= 0.3 is 7.82 Å². The van der Waals surface area contributed by atoms with Crippen LogP contribution in [0.3, 0.4) is 0 Å². The van der Waals surface area contributed by atoms with Gasteiger partial charge < -0.3 is 41.2 Å². The summed E-state index contributed by atoms with van der Waals surface area (Å²) in [6.07, 6.45) is -5.60. The summed E-state index contributed by atoms with van der Waals surface area (Å²) in [5.74, 6) is -0.820. The van der Waals surface area contributed by atoms with Crippen LogP contribution in [0.4, 0.5) is 11.8 Å². The van der Waals surface area contributed by atoms with Crippen LogP contribution in [-0.4, -0.2) is 103 Å². The smallest absolute Gasteiger partial charge is 0.390 e. The van der Waals surface area contributed by atoms with E-state index in [2.05, 4.69) is 29.9 Å². The maximum absolute atomic E-state index is 13.1. The highest BCUT2D eigenvalue weighted by atomic mass is 31.2. The number of hydrogen-bond donors (Lipinski definition) is 7. The first-order chi connectivity index (χ1) is 20.4. The summed E-state index contributed by atoms with van der Waals surface area (Å²) in [7, 11) is -4.93. The third-order valence-corrected chi connectivity index (χ3v) is 8.44. The number of aliphatic hydroxyl groups is 3. The van der Waals surface area contributed by atoms with Crippen molar-refractivity contribution in [2.75, 3.05) is 24.7 Å². The van der Waals surface area contributed by atoms with Crippen LogP contribution in [-0.2, 0) is 23.1 Å². The lowest BCUT2D eigenvalue weighted by Crippen LogP contribution is -2.41. The van der Waals surface area contributed by atoms with Gasteiger partial charge in [0.2, 0.25) is 5.95 Å². The van der Waals surface area contributed by atoms with Gasteiger partial charge in [0, 0.05) is 0 Å². The fourth-order valence-electron chi connectivity index (χ4n) is 5.15. The first-order valence-electron chi connectivity index (χ1n) is 13.1. The highest BCUT2D eigenvalue weighted by Crippen LogP contribution is 2.48. The normalized spacial score (nSPS) is 33.2. The van der Waals surface area contributed by atoms with Crippen LogP contribution < -0.4 is 17.0 Å². The van der Waals surface area contributed by atoms with E-state index in [0.717, 1.165) is 10.9 Å². The van der Waals surface area contributed by atoms with Gasteiger partial charge in [0.05, 0.1) is 32.0 Å². The lowest BCUT2D eigenvalue weighted by molar-refractivity contribution is -0.104. The molecule has 43 heavy (non-hydrogen) atoms. The van der Waals surface area contributed by atoms with Gasteiger partial charge in [-0.05, 0) is 12.3 Å². The Kier molecular flexibility index (Phi) is 7.65. The summed E-state index contributed by atoms with van der Waals surface area (Å²) in [6, 6.07) is 0. The van der Waals surface area contributed by atoms with Crippen LogP contribution in [0.2, 0.25) is 0 Å². The summed E-state index contributed by atoms with van der Waals surface area (Å²) in [5.41, 5.74) is 11.2. The molecule has 6 rings (SSSR count). The molecule has 9 N–H and O–H groups in total. The number of phosphoric acid groups is 1. The van der Waals surface area contributed by atoms with E-state index in [4.69, 9.17) is 30.0 Å². The average molecular weight is 625 g/mol. The molecule has 2 aliphatic heterocycles. The van der Waals surface area contributed by atoms with E-state index in [1.807, 2.05) is 0 Å². The van der Waals surface area contributed by atoms with Crippen molar-refractivity contribution < 1.29 is 43.3 Å². The van der Waals surface area contributed by atoms with Gasteiger partial charge in [-0.25, -0.2) is 24.5 Å². The van der Waals surface area contributed by atoms with E-state index in [1.54, 1.807) is 6.92 Å². The molecule has 2 fully saturated rings. The number of hydrogen-bond acceptors (Lipinski definition) is 16. The molecule has 21 heteroatoms. The maximum atomic E-state index is 13.1. The minimum atomic E-state index is -4.93. The molecule has 20 nitrogen and oxygen atoms in total. The number of fused-ring (bicyclic) bond motifs is 3. The standard InChI is InChI=1S/C22H29N10O10P/c1-8-2-10(20(36)31-6-28-13-18(31)29-22(24)30-19(13)35)42-43(37,38)40-4-11-15(39-3-9(8)33)14(34)21(41-11)32-7-27-12-16(23)25-5-26-17(12)32/h5-11,14-15,20-21,33-34,36H,2-4H2,1H3,(H,37,38)(H2,23,25,26)(H3,24,29,30,35)/t8?,9?,10-,11?,14?,15?,20?,21?/m0/s1. The number of nitrogen functional groups attached to an aromatic ring is 2. The number of nitrogens with two attached hydrogens (primary N) is 2. The maximum Gasteiger partial charge on any atom is 0.472 e. The molecule has 2 aliphatic rings. The van der Waals surface area contributed by atoms with E-state index in [0.29, 0.717) is 0 Å². The molecule has 6 heterocycles. The molecule has 4 aromatic heterocycles. The topological polar surface area (TPSA) is 294 Å². The molecule has 0 saturated carbocycles. The third kappa shape index (κ3) is 5.48. The predicted molar refractivity (Wildman–Crippen MR) is 144 cm³/mol. The Morgan fingerprint density at radius 3 is 2.67 bits per heavy atom. The molecule has 0 bridgehead atoms. The lowest BCUT2D eigenvalue weighted by Gasteiger charge is -2.31. The van der Waals surface area contributed by atoms with Crippen molar-refractivity contribution in [3.8, 4) is 0 Å². The number of ether oxygens (including phenoxy) is 2. The highest BCUT2D eigenvalue weighted by Gasteiger charge is 2.48. The molecule has 4 aromatic rings. The van der Waals surface area contributed by atoms with Crippen molar-refractivity contribution in [3.05, 3.63) is 29.3 Å². The molecule has 8 unspecified atom stereocenters. The lowest BCUT2D eigenvalue weighted by atomic mass is 9.97. The Bertz CT molecular complexity index is 1750. The molecule has 0 amide bonds. The van der Waals surface area contributed by atoms with Crippen molar-refractivity contribution in [2.24, 2.45) is 5.92 Å². The predicted octanol–water partition coefficient (Wildman–Crippen LogP) is -1.84. The number of phosphoric ester groups is 1. The number of rotatable bonds is 3. The van der Waals surface area contributed by atoms with Gasteiger partial charge in [-0.3, -0.25) is 28.0 Å². The summed E-state index contributed by atoms with van der Waals surface area (Å²) in [5, 5.41) is 33.3. The third-order valence-electron chi connectivity index (χ3n) is 7.43. The Labute approximate surface area is 240 Å². The molecule has 232 valence electrons. The first-order valence-corrected chi connectivity index (χ1v) is 14.6. The van der Waals surface area contributed by atoms with E-state index in [-0.39, 0.29) is 47.1 Å². The van der Waals surface area contributed by atoms with Gasteiger partial charge in [0.1, 0.15) is 36.3 Å². The van der Waals surface area contributed by atoms with Crippen LogP contribution in [0.1, 0.15) is 25.8 Å². The summed E-state index contributed by atoms with van der Waals surface area (Å²) >= 11 is 0. The van der Waals surface area contributed by atoms with E-state index >= 15 is 0 Å². The number of aromatic nitrogens is 8. The Morgan fingerprint density at radius 2 is 1.88 bits per heavy atom. The largest absolute Gasteiger partial charge is 0.472 e. The van der Waals surface area contributed by atoms with E-state index in [1.165, 1.54) is 17.2 Å². The minimum Gasteiger partial charge on any atom is -0.390 e. The second-order valence-electron chi connectivity index (χ2n) is 10.3. The van der Waals surface area contributed by atoms with Crippen LogP contribution in [0.25, 0.3) is 22.3 Å². The summed E-state index contributed by atoms with van der Waals surface area (Å²) in [4.78, 5) is 45.3. The Hall–Kier alpha value is -3.59. The number of imidazole rings is 2. The fourth-order valence-corrected chi connectivity index (χ4v) is 6.08. The quantitative estimate of drug-likeness (QED) is 0.123. The average Bonchev–Trinajstić information content (AvgIpc) is 3.65. The van der Waals surface area contributed by atoms with Crippen molar-refractivity contribution in [3.63, 3.8) is 0 Å². The number of H-pyrrole nitrogens is 1. The van der Waals surface area contributed by atoms with Gasteiger partial charge in [0.25, 0.3) is 5.56 Å². The molecular weight excluding hydrogens is 595 g/mol. The summed E-state index contributed by atoms with van der Waals surface area (Å²) < 4.78 is 38.1. The minimum absolute atomic E-state index is 0.102. The molecule has 2 saturated heterocycles. The molecular formula is C22H29N10O10P. The Balaban J connectivity index is 1.27. The van der Waals surface area contributed by atoms with E-state index in [9.17, 15) is 29.6 Å².